The molecule has 1 fully saturated rings. The van der Waals surface area contributed by atoms with Crippen molar-refractivity contribution < 1.29 is 0 Å². The molecule has 1 rings (SSSR count). The van der Waals surface area contributed by atoms with E-state index in [1.165, 1.54) is 44.9 Å². The normalized spacial score (nSPS) is 28.0. The van der Waals surface area contributed by atoms with Crippen molar-refractivity contribution >= 4 is 0 Å². The number of hydrogen-bond acceptors (Lipinski definition) is 1. The molecule has 1 aliphatic rings. The van der Waals surface area contributed by atoms with Crippen molar-refractivity contribution in [1.29, 1.82) is 0 Å². The minimum Gasteiger partial charge on any atom is -0.314 e. The van der Waals surface area contributed by atoms with Crippen LogP contribution in [-0.2, 0) is 0 Å². The summed E-state index contributed by atoms with van der Waals surface area (Å²) in [7, 11) is 0. The molecular formula is C14H29N. The van der Waals surface area contributed by atoms with Crippen LogP contribution in [0, 0.1) is 11.8 Å². The third-order valence-electron chi connectivity index (χ3n) is 4.17. The standard InChI is InChI=1S/C14H29N/c1-4-12(5-2)13-9-7-8-10-14(11-13)15-6-3/h12-15H,4-11H2,1-3H3. The Hall–Kier alpha value is -0.0400. The fraction of sp³-hybridized carbons (Fsp3) is 1.00. The highest BCUT2D eigenvalue weighted by molar-refractivity contribution is 4.79. The molecule has 0 spiro atoms. The van der Waals surface area contributed by atoms with Crippen molar-refractivity contribution in [2.24, 2.45) is 11.8 Å². The third kappa shape index (κ3) is 4.14. The second kappa shape index (κ2) is 7.27. The molecule has 0 heterocycles. The van der Waals surface area contributed by atoms with Gasteiger partial charge in [0.05, 0.1) is 0 Å². The van der Waals surface area contributed by atoms with Crippen molar-refractivity contribution in [3.8, 4) is 0 Å². The molecule has 15 heavy (non-hydrogen) atoms. The van der Waals surface area contributed by atoms with Gasteiger partial charge in [-0.05, 0) is 31.2 Å². The minimum absolute atomic E-state index is 0.808. The van der Waals surface area contributed by atoms with Gasteiger partial charge in [-0.3, -0.25) is 0 Å². The van der Waals surface area contributed by atoms with Crippen molar-refractivity contribution in [2.75, 3.05) is 6.54 Å². The lowest BCUT2D eigenvalue weighted by molar-refractivity contribution is 0.261. The summed E-state index contributed by atoms with van der Waals surface area (Å²) in [6, 6.07) is 0.808. The van der Waals surface area contributed by atoms with E-state index in [-0.39, 0.29) is 0 Å². The van der Waals surface area contributed by atoms with Gasteiger partial charge in [-0.2, -0.15) is 0 Å². The first-order valence-electron chi connectivity index (χ1n) is 7.05. The molecule has 2 atom stereocenters. The Balaban J connectivity index is 2.47. The molecule has 1 aliphatic carbocycles. The molecule has 1 nitrogen and oxygen atoms in total. The van der Waals surface area contributed by atoms with E-state index < -0.39 is 0 Å². The van der Waals surface area contributed by atoms with Crippen LogP contribution >= 0.6 is 0 Å². The van der Waals surface area contributed by atoms with Crippen LogP contribution in [0.25, 0.3) is 0 Å². The van der Waals surface area contributed by atoms with Crippen LogP contribution in [0.3, 0.4) is 0 Å². The van der Waals surface area contributed by atoms with Gasteiger partial charge in [-0.15, -0.1) is 0 Å². The van der Waals surface area contributed by atoms with Crippen LogP contribution in [-0.4, -0.2) is 12.6 Å². The predicted molar refractivity (Wildman–Crippen MR) is 68.1 cm³/mol. The van der Waals surface area contributed by atoms with Crippen LogP contribution < -0.4 is 5.32 Å². The van der Waals surface area contributed by atoms with E-state index in [1.54, 1.807) is 0 Å². The van der Waals surface area contributed by atoms with E-state index in [0.717, 1.165) is 24.4 Å². The molecule has 0 radical (unpaired) electrons. The molecule has 1 heteroatoms. The van der Waals surface area contributed by atoms with Crippen LogP contribution in [0.4, 0.5) is 0 Å². The van der Waals surface area contributed by atoms with Gasteiger partial charge >= 0.3 is 0 Å². The molecule has 90 valence electrons. The number of rotatable bonds is 5. The highest BCUT2D eigenvalue weighted by Gasteiger charge is 2.24. The zero-order chi connectivity index (χ0) is 11.1. The van der Waals surface area contributed by atoms with Crippen LogP contribution in [0.5, 0.6) is 0 Å². The summed E-state index contributed by atoms with van der Waals surface area (Å²) in [6.45, 7) is 8.10. The van der Waals surface area contributed by atoms with Gasteiger partial charge in [0.15, 0.2) is 0 Å². The molecule has 0 aliphatic heterocycles. The molecule has 2 unspecified atom stereocenters. The van der Waals surface area contributed by atoms with Crippen LogP contribution in [0.1, 0.15) is 65.7 Å². The fourth-order valence-electron chi connectivity index (χ4n) is 3.26. The Labute approximate surface area is 96.0 Å². The van der Waals surface area contributed by atoms with Crippen molar-refractivity contribution in [1.82, 2.24) is 5.32 Å². The largest absolute Gasteiger partial charge is 0.314 e. The summed E-state index contributed by atoms with van der Waals surface area (Å²) in [5.74, 6) is 1.97. The highest BCUT2D eigenvalue weighted by Crippen LogP contribution is 2.32. The van der Waals surface area contributed by atoms with E-state index in [9.17, 15) is 0 Å². The molecule has 0 bridgehead atoms. The SMILES string of the molecule is CCNC1CCCCC(C(CC)CC)C1. The molecule has 0 aromatic carbocycles. The van der Waals surface area contributed by atoms with E-state index in [4.69, 9.17) is 0 Å². The quantitative estimate of drug-likeness (QED) is 0.678. The van der Waals surface area contributed by atoms with E-state index >= 15 is 0 Å². The molecule has 0 aromatic rings. The average Bonchev–Trinajstić information content (AvgIpc) is 2.46. The second-order valence-corrected chi connectivity index (χ2v) is 5.11. The minimum atomic E-state index is 0.808. The van der Waals surface area contributed by atoms with E-state index in [1.807, 2.05) is 0 Å². The van der Waals surface area contributed by atoms with Gasteiger partial charge in [0.25, 0.3) is 0 Å². The van der Waals surface area contributed by atoms with Crippen molar-refractivity contribution in [3.05, 3.63) is 0 Å². The summed E-state index contributed by atoms with van der Waals surface area (Å²) in [5, 5.41) is 3.66. The Morgan fingerprint density at radius 2 is 1.73 bits per heavy atom. The van der Waals surface area contributed by atoms with Gasteiger partial charge in [0.2, 0.25) is 0 Å². The summed E-state index contributed by atoms with van der Waals surface area (Å²) in [4.78, 5) is 0. The summed E-state index contributed by atoms with van der Waals surface area (Å²) < 4.78 is 0. The Morgan fingerprint density at radius 3 is 2.33 bits per heavy atom. The van der Waals surface area contributed by atoms with Crippen LogP contribution in [0.15, 0.2) is 0 Å². The zero-order valence-electron chi connectivity index (χ0n) is 10.9. The first kappa shape index (κ1) is 13.0. The molecule has 1 N–H and O–H groups in total. The maximum absolute atomic E-state index is 3.66. The van der Waals surface area contributed by atoms with Gasteiger partial charge in [0.1, 0.15) is 0 Å². The van der Waals surface area contributed by atoms with E-state index in [2.05, 4.69) is 26.1 Å². The maximum Gasteiger partial charge on any atom is 0.00696 e. The average molecular weight is 211 g/mol. The Morgan fingerprint density at radius 1 is 1.07 bits per heavy atom. The topological polar surface area (TPSA) is 12.0 Å². The van der Waals surface area contributed by atoms with Gasteiger partial charge in [-0.25, -0.2) is 0 Å². The van der Waals surface area contributed by atoms with Gasteiger partial charge in [-0.1, -0.05) is 52.9 Å². The molecule has 0 saturated heterocycles. The fourth-order valence-corrected chi connectivity index (χ4v) is 3.26. The molecule has 1 saturated carbocycles. The zero-order valence-corrected chi connectivity index (χ0v) is 10.9. The third-order valence-corrected chi connectivity index (χ3v) is 4.17. The maximum atomic E-state index is 3.66. The Bertz CT molecular complexity index is 151. The first-order valence-corrected chi connectivity index (χ1v) is 7.05. The summed E-state index contributed by atoms with van der Waals surface area (Å²) >= 11 is 0. The molecule has 0 amide bonds. The molecule has 0 aromatic heterocycles. The van der Waals surface area contributed by atoms with Crippen molar-refractivity contribution in [3.63, 3.8) is 0 Å². The van der Waals surface area contributed by atoms with E-state index in [0.29, 0.717) is 0 Å². The monoisotopic (exact) mass is 211 g/mol. The molecular weight excluding hydrogens is 182 g/mol. The second-order valence-electron chi connectivity index (χ2n) is 5.11. The smallest absolute Gasteiger partial charge is 0.00696 e. The number of nitrogens with one attached hydrogen (secondary N) is 1. The highest BCUT2D eigenvalue weighted by atomic mass is 14.9. The summed E-state index contributed by atoms with van der Waals surface area (Å²) in [6.07, 6.45) is 9.97. The number of hydrogen-bond donors (Lipinski definition) is 1. The first-order chi connectivity index (χ1) is 7.31. The lowest BCUT2D eigenvalue weighted by Crippen LogP contribution is -2.31. The summed E-state index contributed by atoms with van der Waals surface area (Å²) in [5.41, 5.74) is 0. The lowest BCUT2D eigenvalue weighted by Gasteiger charge is -2.27. The van der Waals surface area contributed by atoms with Crippen LogP contribution in [0.2, 0.25) is 0 Å². The van der Waals surface area contributed by atoms with Crippen molar-refractivity contribution in [2.45, 2.75) is 71.8 Å². The Kier molecular flexibility index (Phi) is 6.31. The van der Waals surface area contributed by atoms with Gasteiger partial charge < -0.3 is 5.32 Å². The predicted octanol–water partition coefficient (Wildman–Crippen LogP) is 3.98. The van der Waals surface area contributed by atoms with Gasteiger partial charge in [0, 0.05) is 6.04 Å². The lowest BCUT2D eigenvalue weighted by atomic mass is 9.82.